The van der Waals surface area contributed by atoms with Gasteiger partial charge in [-0.1, -0.05) is 18.2 Å². The molecule has 2 nitrogen and oxygen atoms in total. The van der Waals surface area contributed by atoms with E-state index in [-0.39, 0.29) is 18.5 Å². The number of rotatable bonds is 1. The molecule has 80 valence electrons. The van der Waals surface area contributed by atoms with Crippen LogP contribution in [-0.4, -0.2) is 23.4 Å². The Bertz CT molecular complexity index is 573. The molecule has 0 saturated carbocycles. The highest BCUT2D eigenvalue weighted by molar-refractivity contribution is 6.11. The van der Waals surface area contributed by atoms with Gasteiger partial charge >= 0.3 is 0 Å². The number of allylic oxidation sites excluding steroid dienone is 2. The maximum absolute atomic E-state index is 13.6. The predicted octanol–water partition coefficient (Wildman–Crippen LogP) is 1.75. The summed E-state index contributed by atoms with van der Waals surface area (Å²) in [5, 5.41) is 9.24. The lowest BCUT2D eigenvalue weighted by Gasteiger charge is -2.28. The predicted molar refractivity (Wildman–Crippen MR) is 57.0 cm³/mol. The molecule has 0 spiro atoms. The van der Waals surface area contributed by atoms with Crippen LogP contribution in [-0.2, 0) is 4.74 Å². The van der Waals surface area contributed by atoms with Gasteiger partial charge in [-0.15, -0.1) is 0 Å². The van der Waals surface area contributed by atoms with Gasteiger partial charge in [0, 0.05) is 11.1 Å². The SMILES string of the molecule is OCC12C=CC3=C(c4c(F)cccc43)C1O2. The third-order valence-electron chi connectivity index (χ3n) is 3.63. The van der Waals surface area contributed by atoms with Gasteiger partial charge in [0.25, 0.3) is 0 Å². The van der Waals surface area contributed by atoms with Gasteiger partial charge in [-0.2, -0.15) is 0 Å². The Kier molecular flexibility index (Phi) is 1.32. The van der Waals surface area contributed by atoms with E-state index >= 15 is 0 Å². The van der Waals surface area contributed by atoms with Crippen LogP contribution in [0.3, 0.4) is 0 Å². The first-order chi connectivity index (χ1) is 7.77. The summed E-state index contributed by atoms with van der Waals surface area (Å²) >= 11 is 0. The highest BCUT2D eigenvalue weighted by atomic mass is 19.1. The highest BCUT2D eigenvalue weighted by Gasteiger charge is 2.60. The van der Waals surface area contributed by atoms with E-state index in [4.69, 9.17) is 4.74 Å². The molecule has 0 bridgehead atoms. The van der Waals surface area contributed by atoms with Gasteiger partial charge in [-0.25, -0.2) is 4.39 Å². The van der Waals surface area contributed by atoms with Crippen molar-refractivity contribution in [1.29, 1.82) is 0 Å². The van der Waals surface area contributed by atoms with Crippen molar-refractivity contribution in [1.82, 2.24) is 0 Å². The van der Waals surface area contributed by atoms with Crippen LogP contribution in [0, 0.1) is 5.82 Å². The Balaban J connectivity index is 1.88. The van der Waals surface area contributed by atoms with E-state index in [9.17, 15) is 9.50 Å². The molecule has 0 radical (unpaired) electrons. The van der Waals surface area contributed by atoms with Crippen LogP contribution in [0.15, 0.2) is 30.4 Å². The number of benzene rings is 1. The van der Waals surface area contributed by atoms with Crippen LogP contribution in [0.25, 0.3) is 11.1 Å². The minimum absolute atomic E-state index is 0.0469. The lowest BCUT2D eigenvalue weighted by molar-refractivity contribution is 0.203. The molecular formula is C13H9FO2. The molecule has 2 aliphatic carbocycles. The van der Waals surface area contributed by atoms with Crippen LogP contribution in [0.5, 0.6) is 0 Å². The minimum Gasteiger partial charge on any atom is -0.393 e. The minimum atomic E-state index is -0.571. The van der Waals surface area contributed by atoms with Crippen molar-refractivity contribution < 1.29 is 14.2 Å². The Labute approximate surface area is 91.7 Å². The number of aliphatic hydroxyl groups excluding tert-OH is 1. The van der Waals surface area contributed by atoms with Crippen molar-refractivity contribution in [2.75, 3.05) is 6.61 Å². The number of hydrogen-bond donors (Lipinski definition) is 1. The van der Waals surface area contributed by atoms with Crippen LogP contribution in [0.2, 0.25) is 0 Å². The summed E-state index contributed by atoms with van der Waals surface area (Å²) in [6, 6.07) is 5.09. The van der Waals surface area contributed by atoms with Crippen LogP contribution < -0.4 is 0 Å². The second-order valence-corrected chi connectivity index (χ2v) is 4.43. The van der Waals surface area contributed by atoms with Crippen molar-refractivity contribution >= 4 is 11.1 Å². The Morgan fingerprint density at radius 1 is 1.44 bits per heavy atom. The van der Waals surface area contributed by atoms with Gasteiger partial charge in [0.15, 0.2) is 0 Å². The highest BCUT2D eigenvalue weighted by Crippen LogP contribution is 2.58. The normalized spacial score (nSPS) is 32.8. The molecule has 1 N–H and O–H groups in total. The van der Waals surface area contributed by atoms with Crippen LogP contribution in [0.1, 0.15) is 11.1 Å². The number of fused-ring (bicyclic) bond motifs is 5. The molecule has 1 aromatic rings. The molecule has 0 amide bonds. The quantitative estimate of drug-likeness (QED) is 0.725. The van der Waals surface area contributed by atoms with E-state index < -0.39 is 5.60 Å². The van der Waals surface area contributed by atoms with Crippen molar-refractivity contribution in [3.63, 3.8) is 0 Å². The zero-order chi connectivity index (χ0) is 10.9. The van der Waals surface area contributed by atoms with E-state index in [2.05, 4.69) is 0 Å². The molecular weight excluding hydrogens is 207 g/mol. The molecule has 3 heteroatoms. The summed E-state index contributed by atoms with van der Waals surface area (Å²) in [5.41, 5.74) is 3.03. The first-order valence-corrected chi connectivity index (χ1v) is 5.28. The monoisotopic (exact) mass is 216 g/mol. The number of epoxide rings is 1. The molecule has 0 aromatic heterocycles. The standard InChI is InChI=1S/C13H9FO2/c14-9-3-1-2-7-8-4-5-13(6-15)12(16-13)11(8)10(7)9/h1-5,12,15H,6H2. The second kappa shape index (κ2) is 2.44. The number of aliphatic hydroxyl groups is 1. The third-order valence-corrected chi connectivity index (χ3v) is 3.63. The number of ether oxygens (including phenoxy) is 1. The lowest BCUT2D eigenvalue weighted by atomic mass is 9.73. The number of hydrogen-bond acceptors (Lipinski definition) is 2. The van der Waals surface area contributed by atoms with Gasteiger partial charge in [0.2, 0.25) is 0 Å². The Hall–Kier alpha value is -1.45. The summed E-state index contributed by atoms with van der Waals surface area (Å²) in [6.45, 7) is -0.0469. The zero-order valence-corrected chi connectivity index (χ0v) is 8.40. The van der Waals surface area contributed by atoms with Crippen LogP contribution in [0.4, 0.5) is 4.39 Å². The molecule has 1 fully saturated rings. The Morgan fingerprint density at radius 2 is 2.31 bits per heavy atom. The van der Waals surface area contributed by atoms with E-state index in [1.165, 1.54) is 6.07 Å². The number of halogens is 1. The third kappa shape index (κ3) is 0.773. The first kappa shape index (κ1) is 8.67. The smallest absolute Gasteiger partial charge is 0.141 e. The van der Waals surface area contributed by atoms with E-state index in [0.29, 0.717) is 5.56 Å². The van der Waals surface area contributed by atoms with Crippen LogP contribution >= 0.6 is 0 Å². The molecule has 2 unspecified atom stereocenters. The maximum Gasteiger partial charge on any atom is 0.141 e. The summed E-state index contributed by atoms with van der Waals surface area (Å²) in [7, 11) is 0. The van der Waals surface area contributed by atoms with Gasteiger partial charge in [-0.05, 0) is 23.3 Å². The molecule has 4 rings (SSSR count). The molecule has 3 aliphatic rings. The van der Waals surface area contributed by atoms with Gasteiger partial charge in [0.1, 0.15) is 17.5 Å². The fourth-order valence-corrected chi connectivity index (χ4v) is 2.70. The van der Waals surface area contributed by atoms with Gasteiger partial charge < -0.3 is 9.84 Å². The van der Waals surface area contributed by atoms with Gasteiger partial charge in [0.05, 0.1) is 6.61 Å². The zero-order valence-electron chi connectivity index (χ0n) is 8.40. The lowest BCUT2D eigenvalue weighted by Crippen LogP contribution is -2.25. The van der Waals surface area contributed by atoms with E-state index in [1.54, 1.807) is 6.07 Å². The molecule has 1 saturated heterocycles. The summed E-state index contributed by atoms with van der Waals surface area (Å²) in [6.07, 6.45) is 3.66. The van der Waals surface area contributed by atoms with Crippen molar-refractivity contribution in [3.8, 4) is 0 Å². The molecule has 16 heavy (non-hydrogen) atoms. The topological polar surface area (TPSA) is 32.8 Å². The molecule has 2 atom stereocenters. The van der Waals surface area contributed by atoms with E-state index in [1.807, 2.05) is 18.2 Å². The fraction of sp³-hybridized carbons (Fsp3) is 0.231. The van der Waals surface area contributed by atoms with Gasteiger partial charge in [-0.3, -0.25) is 0 Å². The van der Waals surface area contributed by atoms with Crippen molar-refractivity contribution in [2.45, 2.75) is 11.7 Å². The first-order valence-electron chi connectivity index (χ1n) is 5.28. The molecule has 1 heterocycles. The van der Waals surface area contributed by atoms with Crippen molar-refractivity contribution in [2.24, 2.45) is 0 Å². The fourth-order valence-electron chi connectivity index (χ4n) is 2.70. The average molecular weight is 216 g/mol. The molecule has 1 aliphatic heterocycles. The average Bonchev–Trinajstić information content (AvgIpc) is 2.98. The Morgan fingerprint density at radius 3 is 3.12 bits per heavy atom. The summed E-state index contributed by atoms with van der Waals surface area (Å²) < 4.78 is 19.1. The largest absolute Gasteiger partial charge is 0.393 e. The van der Waals surface area contributed by atoms with Crippen molar-refractivity contribution in [3.05, 3.63) is 47.3 Å². The molecule has 1 aromatic carbocycles. The second-order valence-electron chi connectivity index (χ2n) is 4.43. The maximum atomic E-state index is 13.6. The van der Waals surface area contributed by atoms with E-state index in [0.717, 1.165) is 16.7 Å². The summed E-state index contributed by atoms with van der Waals surface area (Å²) in [4.78, 5) is 0. The summed E-state index contributed by atoms with van der Waals surface area (Å²) in [5.74, 6) is -0.200.